The Morgan fingerprint density at radius 1 is 1.04 bits per heavy atom. The molecule has 4 heteroatoms. The first-order chi connectivity index (χ1) is 11.2. The Kier molecular flexibility index (Phi) is 3.63. The number of thiophene rings is 1. The van der Waals surface area contributed by atoms with Crippen LogP contribution in [0.15, 0.2) is 36.4 Å². The Balaban J connectivity index is 1.91. The smallest absolute Gasteiger partial charge is 0.196 e. The summed E-state index contributed by atoms with van der Waals surface area (Å²) in [4.78, 5) is 14.5. The third kappa shape index (κ3) is 2.35. The number of carbonyl (C=O) groups excluding carboxylic acids is 1. The minimum atomic E-state index is 0.0229. The second-order valence-electron chi connectivity index (χ2n) is 5.92. The lowest BCUT2D eigenvalue weighted by molar-refractivity contribution is 0.104. The number of carbonyl (C=O) groups is 1. The maximum atomic E-state index is 13.2. The van der Waals surface area contributed by atoms with Gasteiger partial charge in [0, 0.05) is 20.8 Å². The fourth-order valence-electron chi connectivity index (χ4n) is 3.43. The van der Waals surface area contributed by atoms with Gasteiger partial charge in [-0.25, -0.2) is 0 Å². The monoisotopic (exact) mass is 341 g/mol. The molecule has 23 heavy (non-hydrogen) atoms. The van der Waals surface area contributed by atoms with Gasteiger partial charge in [0.05, 0.1) is 10.6 Å². The lowest BCUT2D eigenvalue weighted by atomic mass is 9.90. The maximum absolute atomic E-state index is 13.2. The molecular formula is C19H16ClNOS. The number of ketones is 1. The second-order valence-corrected chi connectivity index (χ2v) is 7.46. The third-order valence-electron chi connectivity index (χ3n) is 4.54. The van der Waals surface area contributed by atoms with Gasteiger partial charge in [0.1, 0.15) is 0 Å². The molecule has 1 aliphatic carbocycles. The second kappa shape index (κ2) is 5.66. The number of nitrogens with two attached hydrogens (primary N) is 1. The van der Waals surface area contributed by atoms with Crippen molar-refractivity contribution in [1.82, 2.24) is 0 Å². The van der Waals surface area contributed by atoms with Gasteiger partial charge >= 0.3 is 0 Å². The number of benzene rings is 2. The molecule has 3 aromatic rings. The normalized spacial score (nSPS) is 14.0. The molecule has 0 saturated heterocycles. The van der Waals surface area contributed by atoms with Gasteiger partial charge in [-0.1, -0.05) is 35.9 Å². The fourth-order valence-corrected chi connectivity index (χ4v) is 4.82. The Morgan fingerprint density at radius 3 is 2.61 bits per heavy atom. The summed E-state index contributed by atoms with van der Waals surface area (Å²) in [7, 11) is 0. The summed E-state index contributed by atoms with van der Waals surface area (Å²) in [5.41, 5.74) is 8.78. The van der Waals surface area contributed by atoms with Crippen LogP contribution in [0.25, 0.3) is 10.8 Å². The van der Waals surface area contributed by atoms with E-state index in [9.17, 15) is 4.79 Å². The Bertz CT molecular complexity index is 929. The van der Waals surface area contributed by atoms with Crippen molar-refractivity contribution < 1.29 is 4.79 Å². The molecule has 2 N–H and O–H groups in total. The SMILES string of the molecule is Nc1sc2c(c1C(=O)c1ccc(Cl)c3ccccc13)CCCC2. The number of nitrogen functional groups attached to an aromatic ring is 1. The van der Waals surface area contributed by atoms with E-state index in [1.807, 2.05) is 30.3 Å². The summed E-state index contributed by atoms with van der Waals surface area (Å²) in [5, 5.41) is 3.11. The highest BCUT2D eigenvalue weighted by Crippen LogP contribution is 2.38. The number of hydrogen-bond donors (Lipinski definition) is 1. The molecule has 4 rings (SSSR count). The quantitative estimate of drug-likeness (QED) is 0.647. The van der Waals surface area contributed by atoms with E-state index in [1.54, 1.807) is 17.4 Å². The van der Waals surface area contributed by atoms with E-state index in [0.717, 1.165) is 35.6 Å². The minimum Gasteiger partial charge on any atom is -0.390 e. The summed E-state index contributed by atoms with van der Waals surface area (Å²) < 4.78 is 0. The van der Waals surface area contributed by atoms with Crippen LogP contribution in [0.1, 0.15) is 39.2 Å². The summed E-state index contributed by atoms with van der Waals surface area (Å²) in [6.45, 7) is 0. The van der Waals surface area contributed by atoms with E-state index in [0.29, 0.717) is 15.6 Å². The molecule has 0 atom stereocenters. The first-order valence-corrected chi connectivity index (χ1v) is 8.98. The summed E-state index contributed by atoms with van der Waals surface area (Å²) in [6, 6.07) is 11.4. The van der Waals surface area contributed by atoms with Gasteiger partial charge in [-0.2, -0.15) is 0 Å². The zero-order chi connectivity index (χ0) is 16.0. The van der Waals surface area contributed by atoms with Crippen molar-refractivity contribution >= 4 is 44.5 Å². The molecule has 0 spiro atoms. The molecule has 0 amide bonds. The Labute approximate surface area is 143 Å². The highest BCUT2D eigenvalue weighted by atomic mass is 35.5. The van der Waals surface area contributed by atoms with E-state index < -0.39 is 0 Å². The van der Waals surface area contributed by atoms with Crippen molar-refractivity contribution in [3.63, 3.8) is 0 Å². The highest BCUT2D eigenvalue weighted by Gasteiger charge is 2.25. The van der Waals surface area contributed by atoms with Crippen LogP contribution in [0, 0.1) is 0 Å². The van der Waals surface area contributed by atoms with Gasteiger partial charge in [0.2, 0.25) is 0 Å². The first kappa shape index (κ1) is 14.7. The molecule has 0 aliphatic heterocycles. The van der Waals surface area contributed by atoms with Crippen molar-refractivity contribution in [3.05, 3.63) is 63.0 Å². The van der Waals surface area contributed by atoms with Crippen molar-refractivity contribution in [2.24, 2.45) is 0 Å². The molecule has 2 aromatic carbocycles. The predicted octanol–water partition coefficient (Wildman–Crippen LogP) is 5.25. The molecule has 1 aromatic heterocycles. The molecule has 116 valence electrons. The van der Waals surface area contributed by atoms with E-state index in [1.165, 1.54) is 16.9 Å². The molecule has 2 nitrogen and oxygen atoms in total. The zero-order valence-electron chi connectivity index (χ0n) is 12.6. The third-order valence-corrected chi connectivity index (χ3v) is 5.99. The summed E-state index contributed by atoms with van der Waals surface area (Å²) in [6.07, 6.45) is 4.31. The molecule has 0 bridgehead atoms. The van der Waals surface area contributed by atoms with E-state index in [-0.39, 0.29) is 5.78 Å². The van der Waals surface area contributed by atoms with Gasteiger partial charge in [-0.15, -0.1) is 11.3 Å². The fraction of sp³-hybridized carbons (Fsp3) is 0.211. The number of halogens is 1. The standard InChI is InChI=1S/C19H16ClNOS/c20-15-10-9-13(11-5-1-2-6-12(11)15)18(22)17-14-7-3-4-8-16(14)23-19(17)21/h1-2,5-6,9-10H,3-4,7-8,21H2. The van der Waals surface area contributed by atoms with Crippen LogP contribution in [0.2, 0.25) is 5.02 Å². The number of anilines is 1. The average molecular weight is 342 g/mol. The van der Waals surface area contributed by atoms with Crippen LogP contribution in [0.3, 0.4) is 0 Å². The van der Waals surface area contributed by atoms with Gasteiger partial charge in [-0.3, -0.25) is 4.79 Å². The van der Waals surface area contributed by atoms with E-state index in [2.05, 4.69) is 0 Å². The van der Waals surface area contributed by atoms with Crippen molar-refractivity contribution in [3.8, 4) is 0 Å². The van der Waals surface area contributed by atoms with Crippen molar-refractivity contribution in [2.75, 3.05) is 5.73 Å². The van der Waals surface area contributed by atoms with Crippen molar-refractivity contribution in [2.45, 2.75) is 25.7 Å². The summed E-state index contributed by atoms with van der Waals surface area (Å²) in [5.74, 6) is 0.0229. The predicted molar refractivity (Wildman–Crippen MR) is 97.8 cm³/mol. The average Bonchev–Trinajstić information content (AvgIpc) is 2.90. The van der Waals surface area contributed by atoms with Crippen LogP contribution in [0.5, 0.6) is 0 Å². The minimum absolute atomic E-state index is 0.0229. The van der Waals surface area contributed by atoms with Gasteiger partial charge in [0.25, 0.3) is 0 Å². The van der Waals surface area contributed by atoms with Crippen molar-refractivity contribution in [1.29, 1.82) is 0 Å². The first-order valence-electron chi connectivity index (χ1n) is 7.79. The zero-order valence-corrected chi connectivity index (χ0v) is 14.1. The van der Waals surface area contributed by atoms with Crippen LogP contribution in [-0.4, -0.2) is 5.78 Å². The topological polar surface area (TPSA) is 43.1 Å². The van der Waals surface area contributed by atoms with Crippen LogP contribution >= 0.6 is 22.9 Å². The largest absolute Gasteiger partial charge is 0.390 e. The Hall–Kier alpha value is -1.84. The van der Waals surface area contributed by atoms with E-state index in [4.69, 9.17) is 17.3 Å². The van der Waals surface area contributed by atoms with Gasteiger partial charge < -0.3 is 5.73 Å². The number of fused-ring (bicyclic) bond motifs is 2. The molecule has 0 unspecified atom stereocenters. The molecule has 0 fully saturated rings. The van der Waals surface area contributed by atoms with Gasteiger partial charge in [0.15, 0.2) is 5.78 Å². The molecule has 1 heterocycles. The lowest BCUT2D eigenvalue weighted by Crippen LogP contribution is -2.09. The molecule has 1 aliphatic rings. The molecule has 0 radical (unpaired) electrons. The maximum Gasteiger partial charge on any atom is 0.196 e. The Morgan fingerprint density at radius 2 is 1.78 bits per heavy atom. The molecule has 0 saturated carbocycles. The van der Waals surface area contributed by atoms with E-state index >= 15 is 0 Å². The van der Waals surface area contributed by atoms with Gasteiger partial charge in [-0.05, 0) is 48.8 Å². The lowest BCUT2D eigenvalue weighted by Gasteiger charge is -2.13. The number of aryl methyl sites for hydroxylation is 1. The van der Waals surface area contributed by atoms with Crippen LogP contribution in [-0.2, 0) is 12.8 Å². The molecular weight excluding hydrogens is 326 g/mol. The summed E-state index contributed by atoms with van der Waals surface area (Å²) >= 11 is 7.85. The number of rotatable bonds is 2. The highest BCUT2D eigenvalue weighted by molar-refractivity contribution is 7.16. The number of hydrogen-bond acceptors (Lipinski definition) is 3. The van der Waals surface area contributed by atoms with Crippen LogP contribution < -0.4 is 5.73 Å². The van der Waals surface area contributed by atoms with Crippen LogP contribution in [0.4, 0.5) is 5.00 Å².